The van der Waals surface area contributed by atoms with Gasteiger partial charge in [0.2, 0.25) is 0 Å². The van der Waals surface area contributed by atoms with Crippen LogP contribution in [-0.4, -0.2) is 31.8 Å². The monoisotopic (exact) mass is 418 g/mol. The number of carbonyl (C=O) groups is 3. The second-order valence-electron chi connectivity index (χ2n) is 7.94. The molecule has 0 aromatic heterocycles. The molecule has 6 nitrogen and oxygen atoms in total. The van der Waals surface area contributed by atoms with Crippen LogP contribution in [0.25, 0.3) is 0 Å². The molecule has 0 amide bonds. The molecule has 2 rings (SSSR count). The molecule has 0 saturated heterocycles. The molecule has 1 aliphatic rings. The summed E-state index contributed by atoms with van der Waals surface area (Å²) in [7, 11) is 3.13. The molecule has 0 radical (unpaired) electrons. The Morgan fingerprint density at radius 1 is 0.900 bits per heavy atom. The summed E-state index contributed by atoms with van der Waals surface area (Å²) in [6.45, 7) is 1.52. The van der Waals surface area contributed by atoms with E-state index in [1.165, 1.54) is 14.0 Å². The highest BCUT2D eigenvalue weighted by atomic mass is 16.6. The highest BCUT2D eigenvalue weighted by Gasteiger charge is 2.34. The molecule has 0 aliphatic carbocycles. The Labute approximate surface area is 179 Å². The van der Waals surface area contributed by atoms with Gasteiger partial charge >= 0.3 is 5.97 Å². The van der Waals surface area contributed by atoms with Crippen molar-refractivity contribution in [3.63, 3.8) is 0 Å². The number of esters is 1. The van der Waals surface area contributed by atoms with Crippen molar-refractivity contribution < 1.29 is 28.6 Å². The van der Waals surface area contributed by atoms with Gasteiger partial charge in [-0.05, 0) is 32.3 Å². The highest BCUT2D eigenvalue weighted by Crippen LogP contribution is 2.41. The van der Waals surface area contributed by atoms with E-state index in [1.807, 2.05) is 6.07 Å². The van der Waals surface area contributed by atoms with E-state index in [0.29, 0.717) is 36.3 Å². The molecule has 0 fully saturated rings. The third-order valence-corrected chi connectivity index (χ3v) is 5.54. The average molecular weight is 419 g/mol. The Balaban J connectivity index is 1.62. The van der Waals surface area contributed by atoms with Crippen molar-refractivity contribution in [2.24, 2.45) is 0 Å². The molecular weight excluding hydrogens is 384 g/mol. The zero-order valence-corrected chi connectivity index (χ0v) is 18.5. The second-order valence-corrected chi connectivity index (χ2v) is 7.94. The van der Waals surface area contributed by atoms with Gasteiger partial charge in [-0.2, -0.15) is 0 Å². The minimum Gasteiger partial charge on any atom is -0.497 e. The standard InChI is InChI=1S/C24H34O6/c1-17(25)13-14-18(26)11-9-7-5-4-6-8-10-12-21-20-15-19(28-2)16-22(29-3)23(20)24(27)30-21/h15-16,21H,4-14H2,1-3H3/t21-/m0/s1. The van der Waals surface area contributed by atoms with Crippen molar-refractivity contribution in [2.45, 2.75) is 83.7 Å². The molecule has 0 bridgehead atoms. The van der Waals surface area contributed by atoms with Crippen LogP contribution in [0.1, 0.15) is 99.6 Å². The number of hydrogen-bond acceptors (Lipinski definition) is 6. The molecule has 1 heterocycles. The summed E-state index contributed by atoms with van der Waals surface area (Å²) in [5.41, 5.74) is 1.37. The number of unbranched alkanes of at least 4 members (excludes halogenated alkanes) is 6. The molecule has 166 valence electrons. The van der Waals surface area contributed by atoms with Crippen LogP contribution in [-0.2, 0) is 14.3 Å². The Morgan fingerprint density at radius 2 is 1.57 bits per heavy atom. The highest BCUT2D eigenvalue weighted by molar-refractivity contribution is 5.97. The summed E-state index contributed by atoms with van der Waals surface area (Å²) in [6, 6.07) is 3.57. The number of hydrogen-bond donors (Lipinski definition) is 0. The number of cyclic esters (lactones) is 1. The van der Waals surface area contributed by atoms with Crippen LogP contribution < -0.4 is 9.47 Å². The maximum atomic E-state index is 12.2. The number of carbonyl (C=O) groups excluding carboxylic acids is 3. The Hall–Kier alpha value is -2.37. The van der Waals surface area contributed by atoms with E-state index in [9.17, 15) is 14.4 Å². The van der Waals surface area contributed by atoms with E-state index >= 15 is 0 Å². The van der Waals surface area contributed by atoms with Crippen molar-refractivity contribution in [3.8, 4) is 11.5 Å². The molecule has 1 aromatic carbocycles. The number of ether oxygens (including phenoxy) is 3. The summed E-state index contributed by atoms with van der Waals surface area (Å²) < 4.78 is 16.2. The number of methoxy groups -OCH3 is 2. The van der Waals surface area contributed by atoms with Gasteiger partial charge in [-0.15, -0.1) is 0 Å². The fraction of sp³-hybridized carbons (Fsp3) is 0.625. The van der Waals surface area contributed by atoms with Crippen LogP contribution in [0.5, 0.6) is 11.5 Å². The first-order valence-corrected chi connectivity index (χ1v) is 10.9. The molecule has 1 aliphatic heterocycles. The molecule has 30 heavy (non-hydrogen) atoms. The number of Topliss-reactive ketones (excluding diaryl/α,β-unsaturated/α-hetero) is 2. The smallest absolute Gasteiger partial charge is 0.342 e. The van der Waals surface area contributed by atoms with Gasteiger partial charge in [-0.3, -0.25) is 4.79 Å². The predicted octanol–water partition coefficient (Wildman–Crippen LogP) is 5.36. The molecular formula is C24H34O6. The lowest BCUT2D eigenvalue weighted by Crippen LogP contribution is -2.01. The summed E-state index contributed by atoms with van der Waals surface area (Å²) in [6.07, 6.45) is 9.34. The SMILES string of the molecule is COc1cc(OC)c2c(c1)[C@H](CCCCCCCCCC(=O)CCC(C)=O)OC2=O. The van der Waals surface area contributed by atoms with E-state index in [2.05, 4.69) is 0 Å². The number of benzene rings is 1. The van der Waals surface area contributed by atoms with Gasteiger partial charge in [-0.1, -0.05) is 32.1 Å². The summed E-state index contributed by atoms with van der Waals surface area (Å²) >= 11 is 0. The van der Waals surface area contributed by atoms with E-state index in [0.717, 1.165) is 56.9 Å². The fourth-order valence-corrected chi connectivity index (χ4v) is 3.80. The Bertz CT molecular complexity index is 739. The number of rotatable bonds is 15. The third-order valence-electron chi connectivity index (χ3n) is 5.54. The third kappa shape index (κ3) is 7.15. The first-order valence-electron chi connectivity index (χ1n) is 10.9. The maximum Gasteiger partial charge on any atom is 0.342 e. The lowest BCUT2D eigenvalue weighted by Gasteiger charge is -2.12. The van der Waals surface area contributed by atoms with Gasteiger partial charge in [0, 0.05) is 30.9 Å². The molecule has 1 aromatic rings. The summed E-state index contributed by atoms with van der Waals surface area (Å²) in [5.74, 6) is 1.11. The zero-order chi connectivity index (χ0) is 21.9. The van der Waals surface area contributed by atoms with Crippen LogP contribution in [0.2, 0.25) is 0 Å². The van der Waals surface area contributed by atoms with E-state index in [4.69, 9.17) is 14.2 Å². The lowest BCUT2D eigenvalue weighted by molar-refractivity contribution is -0.123. The lowest BCUT2D eigenvalue weighted by atomic mass is 9.98. The van der Waals surface area contributed by atoms with E-state index < -0.39 is 0 Å². The maximum absolute atomic E-state index is 12.2. The van der Waals surface area contributed by atoms with E-state index in [1.54, 1.807) is 13.2 Å². The molecule has 0 unspecified atom stereocenters. The van der Waals surface area contributed by atoms with Gasteiger partial charge in [0.15, 0.2) is 0 Å². The molecule has 0 spiro atoms. The van der Waals surface area contributed by atoms with Gasteiger partial charge in [0.25, 0.3) is 0 Å². The normalized spacial score (nSPS) is 14.9. The van der Waals surface area contributed by atoms with Crippen molar-refractivity contribution in [1.29, 1.82) is 0 Å². The zero-order valence-electron chi connectivity index (χ0n) is 18.5. The van der Waals surface area contributed by atoms with Crippen LogP contribution in [0.15, 0.2) is 12.1 Å². The van der Waals surface area contributed by atoms with Gasteiger partial charge in [0.05, 0.1) is 14.2 Å². The quantitative estimate of drug-likeness (QED) is 0.282. The summed E-state index contributed by atoms with van der Waals surface area (Å²) in [4.78, 5) is 34.7. The molecule has 0 saturated carbocycles. The molecule has 1 atom stereocenters. The molecule has 6 heteroatoms. The summed E-state index contributed by atoms with van der Waals surface area (Å²) in [5, 5.41) is 0. The Kier molecular flexibility index (Phi) is 9.84. The van der Waals surface area contributed by atoms with Gasteiger partial charge in [-0.25, -0.2) is 4.79 Å². The van der Waals surface area contributed by atoms with E-state index in [-0.39, 0.29) is 23.6 Å². The average Bonchev–Trinajstić information content (AvgIpc) is 3.05. The van der Waals surface area contributed by atoms with Crippen LogP contribution >= 0.6 is 0 Å². The van der Waals surface area contributed by atoms with Gasteiger partial charge < -0.3 is 19.0 Å². The van der Waals surface area contributed by atoms with Crippen molar-refractivity contribution >= 4 is 17.5 Å². The fourth-order valence-electron chi connectivity index (χ4n) is 3.80. The van der Waals surface area contributed by atoms with Crippen molar-refractivity contribution in [2.75, 3.05) is 14.2 Å². The molecule has 0 N–H and O–H groups in total. The topological polar surface area (TPSA) is 78.9 Å². The Morgan fingerprint density at radius 3 is 2.20 bits per heavy atom. The van der Waals surface area contributed by atoms with Crippen molar-refractivity contribution in [1.82, 2.24) is 0 Å². The first-order chi connectivity index (χ1) is 14.5. The first kappa shape index (κ1) is 23.9. The number of fused-ring (bicyclic) bond motifs is 1. The van der Waals surface area contributed by atoms with Crippen LogP contribution in [0.3, 0.4) is 0 Å². The van der Waals surface area contributed by atoms with Crippen LogP contribution in [0, 0.1) is 0 Å². The predicted molar refractivity (Wildman–Crippen MR) is 114 cm³/mol. The number of ketones is 2. The van der Waals surface area contributed by atoms with Crippen LogP contribution in [0.4, 0.5) is 0 Å². The largest absolute Gasteiger partial charge is 0.497 e. The van der Waals surface area contributed by atoms with Gasteiger partial charge in [0.1, 0.15) is 34.7 Å². The minimum absolute atomic E-state index is 0.0810. The van der Waals surface area contributed by atoms with Crippen molar-refractivity contribution in [3.05, 3.63) is 23.3 Å². The second kappa shape index (κ2) is 12.4. The minimum atomic E-state index is -0.327.